The number of nitrogens with zero attached hydrogens (tertiary/aromatic N) is 1. The summed E-state index contributed by atoms with van der Waals surface area (Å²) >= 11 is 0. The van der Waals surface area contributed by atoms with Crippen LogP contribution >= 0.6 is 0 Å². The van der Waals surface area contributed by atoms with E-state index < -0.39 is 11.7 Å². The Hall–Kier alpha value is -1.65. The van der Waals surface area contributed by atoms with Gasteiger partial charge in [-0.2, -0.15) is 0 Å². The number of halogens is 1. The highest BCUT2D eigenvalue weighted by atomic mass is 19.1. The lowest BCUT2D eigenvalue weighted by molar-refractivity contribution is -0.126. The maximum atomic E-state index is 13.7. The van der Waals surface area contributed by atoms with Crippen molar-refractivity contribution in [2.75, 3.05) is 13.1 Å². The minimum atomic E-state index is -0.567. The minimum absolute atomic E-state index is 0.0234. The van der Waals surface area contributed by atoms with E-state index in [-0.39, 0.29) is 23.4 Å². The average Bonchev–Trinajstić information content (AvgIpc) is 2.73. The first-order valence-corrected chi connectivity index (χ1v) is 6.44. The van der Waals surface area contributed by atoms with Gasteiger partial charge in [0.2, 0.25) is 5.91 Å². The van der Waals surface area contributed by atoms with Crippen molar-refractivity contribution in [3.8, 4) is 0 Å². The third kappa shape index (κ3) is 4.50. The second-order valence-electron chi connectivity index (χ2n) is 5.17. The average molecular weight is 268 g/mol. The molecule has 0 aliphatic carbocycles. The van der Waals surface area contributed by atoms with Gasteiger partial charge in [-0.15, -0.1) is 0 Å². The molecule has 1 rings (SSSR count). The van der Waals surface area contributed by atoms with E-state index in [1.807, 2.05) is 13.8 Å². The summed E-state index contributed by atoms with van der Waals surface area (Å²) in [5.41, 5.74) is -0.114. The maximum absolute atomic E-state index is 13.7. The summed E-state index contributed by atoms with van der Waals surface area (Å²) in [5, 5.41) is 2.76. The molecule has 1 aliphatic rings. The van der Waals surface area contributed by atoms with E-state index >= 15 is 0 Å². The topological polar surface area (TPSA) is 49.4 Å². The smallest absolute Gasteiger partial charge is 0.256 e. The molecule has 1 unspecified atom stereocenters. The van der Waals surface area contributed by atoms with Crippen molar-refractivity contribution in [2.24, 2.45) is 5.92 Å². The standard InChI is InChI=1S/C14H21FN2O2/c1-9(2)7-13(15)10(3)14(19)17-6-5-12(8-17)16-11(4)18/h7,9,12H,3,5-6,8H2,1-2,4H3,(H,16,18)/b13-7+. The molecular formula is C14H21FN2O2. The van der Waals surface area contributed by atoms with Crippen LogP contribution in [0, 0.1) is 5.92 Å². The zero-order valence-electron chi connectivity index (χ0n) is 11.7. The fraction of sp³-hybridized carbons (Fsp3) is 0.571. The maximum Gasteiger partial charge on any atom is 0.256 e. The highest BCUT2D eigenvalue weighted by Crippen LogP contribution is 2.18. The Morgan fingerprint density at radius 2 is 2.11 bits per heavy atom. The number of rotatable bonds is 4. The van der Waals surface area contributed by atoms with E-state index in [4.69, 9.17) is 0 Å². The Kier molecular flexibility index (Phi) is 5.27. The lowest BCUT2D eigenvalue weighted by Gasteiger charge is -2.17. The lowest BCUT2D eigenvalue weighted by atomic mass is 10.1. The molecule has 1 fully saturated rings. The van der Waals surface area contributed by atoms with Crippen LogP contribution in [0.3, 0.4) is 0 Å². The van der Waals surface area contributed by atoms with E-state index in [2.05, 4.69) is 11.9 Å². The number of nitrogens with one attached hydrogen (secondary N) is 1. The van der Waals surface area contributed by atoms with Crippen LogP contribution in [0.25, 0.3) is 0 Å². The molecule has 0 aromatic carbocycles. The minimum Gasteiger partial charge on any atom is -0.352 e. The van der Waals surface area contributed by atoms with Crippen molar-refractivity contribution in [3.63, 3.8) is 0 Å². The van der Waals surface area contributed by atoms with Gasteiger partial charge in [-0.25, -0.2) is 4.39 Å². The molecule has 0 aromatic rings. The Balaban J connectivity index is 2.60. The molecule has 0 aromatic heterocycles. The molecule has 1 atom stereocenters. The van der Waals surface area contributed by atoms with Gasteiger partial charge in [-0.3, -0.25) is 9.59 Å². The molecule has 1 saturated heterocycles. The normalized spacial score (nSPS) is 19.7. The molecule has 106 valence electrons. The van der Waals surface area contributed by atoms with Gasteiger partial charge >= 0.3 is 0 Å². The second-order valence-corrected chi connectivity index (χ2v) is 5.17. The Morgan fingerprint density at radius 3 is 2.63 bits per heavy atom. The highest BCUT2D eigenvalue weighted by Gasteiger charge is 2.28. The summed E-state index contributed by atoms with van der Waals surface area (Å²) in [7, 11) is 0. The monoisotopic (exact) mass is 268 g/mol. The SMILES string of the molecule is C=C(C(=O)N1CCC(NC(C)=O)C1)/C(F)=C\C(C)C. The van der Waals surface area contributed by atoms with Crippen LogP contribution in [0.4, 0.5) is 4.39 Å². The molecule has 0 bridgehead atoms. The fourth-order valence-corrected chi connectivity index (χ4v) is 2.04. The van der Waals surface area contributed by atoms with Gasteiger partial charge in [0.1, 0.15) is 5.83 Å². The molecule has 19 heavy (non-hydrogen) atoms. The van der Waals surface area contributed by atoms with Crippen molar-refractivity contribution in [1.82, 2.24) is 10.2 Å². The molecule has 1 heterocycles. The van der Waals surface area contributed by atoms with Crippen LogP contribution in [0.15, 0.2) is 24.1 Å². The number of carbonyl (C=O) groups excluding carboxylic acids is 2. The second kappa shape index (κ2) is 6.50. The Labute approximate surface area is 113 Å². The van der Waals surface area contributed by atoms with Gasteiger partial charge in [0.05, 0.1) is 5.57 Å². The fourth-order valence-electron chi connectivity index (χ4n) is 2.04. The van der Waals surface area contributed by atoms with Crippen LogP contribution in [0.1, 0.15) is 27.2 Å². The lowest BCUT2D eigenvalue weighted by Crippen LogP contribution is -2.37. The summed E-state index contributed by atoms with van der Waals surface area (Å²) in [4.78, 5) is 24.5. The predicted molar refractivity (Wildman–Crippen MR) is 72.0 cm³/mol. The van der Waals surface area contributed by atoms with Crippen molar-refractivity contribution in [1.29, 1.82) is 0 Å². The van der Waals surface area contributed by atoms with Crippen LogP contribution in [-0.4, -0.2) is 35.8 Å². The third-order valence-corrected chi connectivity index (χ3v) is 2.91. The molecule has 0 saturated carbocycles. The number of allylic oxidation sites excluding steroid dienone is 1. The molecule has 5 heteroatoms. The van der Waals surface area contributed by atoms with Gasteiger partial charge in [0.15, 0.2) is 0 Å². The summed E-state index contributed by atoms with van der Waals surface area (Å²) < 4.78 is 13.7. The van der Waals surface area contributed by atoms with Crippen LogP contribution < -0.4 is 5.32 Å². The van der Waals surface area contributed by atoms with Crippen molar-refractivity contribution >= 4 is 11.8 Å². The van der Waals surface area contributed by atoms with E-state index in [1.54, 1.807) is 0 Å². The van der Waals surface area contributed by atoms with Gasteiger partial charge in [0, 0.05) is 26.1 Å². The quantitative estimate of drug-likeness (QED) is 0.624. The molecule has 1 N–H and O–H groups in total. The van der Waals surface area contributed by atoms with Gasteiger partial charge in [-0.1, -0.05) is 20.4 Å². The van der Waals surface area contributed by atoms with Crippen LogP contribution in [0.2, 0.25) is 0 Å². The van der Waals surface area contributed by atoms with E-state index in [0.29, 0.717) is 19.5 Å². The molecule has 0 spiro atoms. The molecular weight excluding hydrogens is 247 g/mol. The molecule has 2 amide bonds. The van der Waals surface area contributed by atoms with Crippen LogP contribution in [0.5, 0.6) is 0 Å². The van der Waals surface area contributed by atoms with Crippen molar-refractivity contribution < 1.29 is 14.0 Å². The Morgan fingerprint density at radius 1 is 1.47 bits per heavy atom. The first-order valence-electron chi connectivity index (χ1n) is 6.44. The molecule has 4 nitrogen and oxygen atoms in total. The number of amides is 2. The van der Waals surface area contributed by atoms with Crippen molar-refractivity contribution in [3.05, 3.63) is 24.1 Å². The van der Waals surface area contributed by atoms with Crippen LogP contribution in [-0.2, 0) is 9.59 Å². The number of carbonyl (C=O) groups is 2. The Bertz CT molecular complexity index is 416. The predicted octanol–water partition coefficient (Wildman–Crippen LogP) is 1.79. The summed E-state index contributed by atoms with van der Waals surface area (Å²) in [6.07, 6.45) is 2.07. The zero-order valence-corrected chi connectivity index (χ0v) is 11.7. The largest absolute Gasteiger partial charge is 0.352 e. The highest BCUT2D eigenvalue weighted by molar-refractivity contribution is 5.96. The number of likely N-dealkylation sites (tertiary alicyclic amines) is 1. The summed E-state index contributed by atoms with van der Waals surface area (Å²) in [6, 6.07) is -0.0496. The van der Waals surface area contributed by atoms with Gasteiger partial charge in [-0.05, 0) is 18.4 Å². The molecule has 0 radical (unpaired) electrons. The molecule has 1 aliphatic heterocycles. The number of hydrogen-bond acceptors (Lipinski definition) is 2. The van der Waals surface area contributed by atoms with E-state index in [1.165, 1.54) is 17.9 Å². The summed E-state index contributed by atoms with van der Waals surface area (Å²) in [5.74, 6) is -1.07. The first-order chi connectivity index (χ1) is 8.81. The van der Waals surface area contributed by atoms with E-state index in [9.17, 15) is 14.0 Å². The van der Waals surface area contributed by atoms with Gasteiger partial charge in [0.25, 0.3) is 5.91 Å². The van der Waals surface area contributed by atoms with E-state index in [0.717, 1.165) is 0 Å². The zero-order chi connectivity index (χ0) is 14.6. The van der Waals surface area contributed by atoms with Gasteiger partial charge < -0.3 is 10.2 Å². The first kappa shape index (κ1) is 15.4. The third-order valence-electron chi connectivity index (χ3n) is 2.91. The summed E-state index contributed by atoms with van der Waals surface area (Å²) in [6.45, 7) is 9.54. The van der Waals surface area contributed by atoms with Crippen molar-refractivity contribution in [2.45, 2.75) is 33.2 Å². The number of hydrogen-bond donors (Lipinski definition) is 1.